The van der Waals surface area contributed by atoms with Crippen molar-refractivity contribution in [1.29, 1.82) is 0 Å². The van der Waals surface area contributed by atoms with Crippen LogP contribution in [0.4, 0.5) is 4.39 Å². The smallest absolute Gasteiger partial charge is 0.343 e. The zero-order valence-electron chi connectivity index (χ0n) is 16.8. The fourth-order valence-electron chi connectivity index (χ4n) is 3.00. The molecule has 0 radical (unpaired) electrons. The number of rotatable bonds is 8. The summed E-state index contributed by atoms with van der Waals surface area (Å²) in [5.74, 6) is -0.0803. The first-order chi connectivity index (χ1) is 14.1. The molecule has 0 aliphatic heterocycles. The highest BCUT2D eigenvalue weighted by molar-refractivity contribution is 5.91. The lowest BCUT2D eigenvalue weighted by atomic mass is 10.1. The number of halogens is 1. The van der Waals surface area contributed by atoms with Crippen LogP contribution < -0.4 is 4.74 Å². The van der Waals surface area contributed by atoms with Crippen LogP contribution in [0.3, 0.4) is 0 Å². The summed E-state index contributed by atoms with van der Waals surface area (Å²) < 4.78 is 19.3. The molecule has 3 aromatic rings. The lowest BCUT2D eigenvalue weighted by molar-refractivity contribution is 0.0734. The molecule has 0 atom stereocenters. The summed E-state index contributed by atoms with van der Waals surface area (Å²) in [6.45, 7) is 4.14. The Kier molecular flexibility index (Phi) is 7.06. The van der Waals surface area contributed by atoms with Crippen LogP contribution in [0.5, 0.6) is 5.75 Å². The van der Waals surface area contributed by atoms with E-state index in [9.17, 15) is 9.18 Å². The minimum absolute atomic E-state index is 0.197. The van der Waals surface area contributed by atoms with Crippen molar-refractivity contribution in [3.05, 3.63) is 77.4 Å². The first-order valence-electron chi connectivity index (χ1n) is 10.0. The molecule has 1 heterocycles. The Morgan fingerprint density at radius 3 is 2.31 bits per heavy atom. The Hall–Kier alpha value is -3.08. The minimum Gasteiger partial charge on any atom is -0.423 e. The maximum atomic E-state index is 14.0. The van der Waals surface area contributed by atoms with Gasteiger partial charge in [0.1, 0.15) is 11.6 Å². The molecule has 1 aromatic heterocycles. The van der Waals surface area contributed by atoms with E-state index in [1.165, 1.54) is 6.07 Å². The minimum atomic E-state index is -0.532. The van der Waals surface area contributed by atoms with E-state index < -0.39 is 5.97 Å². The van der Waals surface area contributed by atoms with Gasteiger partial charge in [0.25, 0.3) is 0 Å². The van der Waals surface area contributed by atoms with E-state index in [1.807, 2.05) is 19.3 Å². The Labute approximate surface area is 170 Å². The number of aromatic nitrogens is 2. The molecule has 3 rings (SSSR count). The van der Waals surface area contributed by atoms with Gasteiger partial charge in [-0.05, 0) is 48.6 Å². The molecule has 0 aliphatic rings. The number of unbranched alkanes of at least 4 members (excludes halogenated alkanes) is 1. The summed E-state index contributed by atoms with van der Waals surface area (Å²) in [7, 11) is 0. The summed E-state index contributed by atoms with van der Waals surface area (Å²) in [6.07, 6.45) is 8.42. The summed E-state index contributed by atoms with van der Waals surface area (Å²) >= 11 is 0. The van der Waals surface area contributed by atoms with Gasteiger partial charge in [0, 0.05) is 24.0 Å². The number of hydrogen-bond acceptors (Lipinski definition) is 4. The van der Waals surface area contributed by atoms with Gasteiger partial charge in [0.15, 0.2) is 5.82 Å². The summed E-state index contributed by atoms with van der Waals surface area (Å²) in [6, 6.07) is 11.4. The molecular formula is C24H25FN2O2. The molecule has 0 spiro atoms. The molecule has 0 N–H and O–H groups in total. The average molecular weight is 392 g/mol. The number of aryl methyl sites for hydroxylation is 2. The van der Waals surface area contributed by atoms with Crippen molar-refractivity contribution in [1.82, 2.24) is 9.97 Å². The Morgan fingerprint density at radius 2 is 1.69 bits per heavy atom. The molecule has 0 amide bonds. The fourth-order valence-corrected chi connectivity index (χ4v) is 3.00. The number of esters is 1. The second-order valence-electron chi connectivity index (χ2n) is 6.99. The van der Waals surface area contributed by atoms with Crippen LogP contribution in [0.15, 0.2) is 54.9 Å². The molecule has 150 valence electrons. The Bertz CT molecular complexity index is 954. The number of carbonyl (C=O) groups excluding carboxylic acids is 1. The van der Waals surface area contributed by atoms with Gasteiger partial charge in [-0.3, -0.25) is 0 Å². The van der Waals surface area contributed by atoms with Gasteiger partial charge in [-0.1, -0.05) is 44.9 Å². The molecular weight excluding hydrogens is 367 g/mol. The van der Waals surface area contributed by atoms with Crippen molar-refractivity contribution < 1.29 is 13.9 Å². The van der Waals surface area contributed by atoms with Gasteiger partial charge in [0.2, 0.25) is 0 Å². The predicted molar refractivity (Wildman–Crippen MR) is 111 cm³/mol. The highest BCUT2D eigenvalue weighted by Crippen LogP contribution is 2.20. The molecule has 0 aliphatic carbocycles. The van der Waals surface area contributed by atoms with Crippen molar-refractivity contribution in [3.63, 3.8) is 0 Å². The first-order valence-corrected chi connectivity index (χ1v) is 10.0. The zero-order chi connectivity index (χ0) is 20.6. The molecule has 0 unspecified atom stereocenters. The van der Waals surface area contributed by atoms with Crippen LogP contribution in [-0.4, -0.2) is 15.9 Å². The van der Waals surface area contributed by atoms with Crippen LogP contribution in [0.25, 0.3) is 11.4 Å². The highest BCUT2D eigenvalue weighted by Gasteiger charge is 2.11. The maximum absolute atomic E-state index is 14.0. The number of ether oxygens (including phenoxy) is 1. The van der Waals surface area contributed by atoms with E-state index >= 15 is 0 Å². The highest BCUT2D eigenvalue weighted by atomic mass is 19.1. The number of nitrogens with zero attached hydrogens (tertiary/aromatic N) is 2. The molecule has 0 bridgehead atoms. The van der Waals surface area contributed by atoms with Crippen molar-refractivity contribution in [3.8, 4) is 17.1 Å². The van der Waals surface area contributed by atoms with Gasteiger partial charge >= 0.3 is 5.97 Å². The molecule has 0 fully saturated rings. The van der Waals surface area contributed by atoms with Crippen LogP contribution in [-0.2, 0) is 12.8 Å². The first kappa shape index (κ1) is 20.6. The Balaban J connectivity index is 1.66. The third kappa shape index (κ3) is 5.47. The van der Waals surface area contributed by atoms with Crippen molar-refractivity contribution in [2.75, 3.05) is 0 Å². The standard InChI is InChI=1S/C24H25FN2O2/c1-3-5-7-17-15-26-23(27-16-17)19-8-10-20(11-9-19)24(28)29-21-13-12-18(6-4-2)22(25)14-21/h8-16H,3-7H2,1-2H3. The molecule has 29 heavy (non-hydrogen) atoms. The number of hydrogen-bond donors (Lipinski definition) is 0. The van der Waals surface area contributed by atoms with E-state index in [4.69, 9.17) is 4.74 Å². The van der Waals surface area contributed by atoms with Gasteiger partial charge in [0.05, 0.1) is 5.56 Å². The number of carbonyl (C=O) groups is 1. The van der Waals surface area contributed by atoms with Crippen molar-refractivity contribution in [2.24, 2.45) is 0 Å². The molecule has 0 saturated carbocycles. The SMILES string of the molecule is CCCCc1cnc(-c2ccc(C(=O)Oc3ccc(CCC)c(F)c3)cc2)nc1. The zero-order valence-corrected chi connectivity index (χ0v) is 16.8. The molecule has 2 aromatic carbocycles. The summed E-state index contributed by atoms with van der Waals surface area (Å²) in [4.78, 5) is 21.2. The van der Waals surface area contributed by atoms with Crippen LogP contribution in [0, 0.1) is 5.82 Å². The Morgan fingerprint density at radius 1 is 0.966 bits per heavy atom. The second-order valence-corrected chi connectivity index (χ2v) is 6.99. The lowest BCUT2D eigenvalue weighted by Gasteiger charge is -2.07. The molecule has 0 saturated heterocycles. The van der Waals surface area contributed by atoms with Gasteiger partial charge < -0.3 is 4.74 Å². The summed E-state index contributed by atoms with van der Waals surface area (Å²) in [5, 5.41) is 0. The van der Waals surface area contributed by atoms with E-state index in [-0.39, 0.29) is 11.6 Å². The third-order valence-corrected chi connectivity index (χ3v) is 4.66. The quantitative estimate of drug-likeness (QED) is 0.359. The average Bonchev–Trinajstić information content (AvgIpc) is 2.75. The van der Waals surface area contributed by atoms with E-state index in [0.717, 1.165) is 36.8 Å². The van der Waals surface area contributed by atoms with E-state index in [2.05, 4.69) is 16.9 Å². The molecule has 5 heteroatoms. The fraction of sp³-hybridized carbons (Fsp3) is 0.292. The normalized spacial score (nSPS) is 10.7. The monoisotopic (exact) mass is 392 g/mol. The third-order valence-electron chi connectivity index (χ3n) is 4.66. The van der Waals surface area contributed by atoms with Gasteiger partial charge in [-0.15, -0.1) is 0 Å². The number of benzene rings is 2. The van der Waals surface area contributed by atoms with E-state index in [1.54, 1.807) is 36.4 Å². The van der Waals surface area contributed by atoms with Crippen molar-refractivity contribution >= 4 is 5.97 Å². The van der Waals surface area contributed by atoms with E-state index in [0.29, 0.717) is 23.4 Å². The van der Waals surface area contributed by atoms with Gasteiger partial charge in [-0.2, -0.15) is 0 Å². The van der Waals surface area contributed by atoms with Crippen LogP contribution in [0.2, 0.25) is 0 Å². The summed E-state index contributed by atoms with van der Waals surface area (Å²) in [5.41, 5.74) is 2.94. The largest absolute Gasteiger partial charge is 0.423 e. The predicted octanol–water partition coefficient (Wildman–Crippen LogP) is 5.80. The topological polar surface area (TPSA) is 52.1 Å². The van der Waals surface area contributed by atoms with Crippen LogP contribution >= 0.6 is 0 Å². The lowest BCUT2D eigenvalue weighted by Crippen LogP contribution is -2.08. The van der Waals surface area contributed by atoms with Gasteiger partial charge in [-0.25, -0.2) is 19.2 Å². The van der Waals surface area contributed by atoms with Crippen LogP contribution in [0.1, 0.15) is 54.6 Å². The second kappa shape index (κ2) is 9.92. The maximum Gasteiger partial charge on any atom is 0.343 e. The van der Waals surface area contributed by atoms with Crippen molar-refractivity contribution in [2.45, 2.75) is 46.0 Å². The molecule has 4 nitrogen and oxygen atoms in total.